The van der Waals surface area contributed by atoms with Gasteiger partial charge in [-0.05, 0) is 49.8 Å². The molecule has 0 unspecified atom stereocenters. The first-order valence-corrected chi connectivity index (χ1v) is 10.5. The number of rotatable bonds is 6. The lowest BCUT2D eigenvalue weighted by Gasteiger charge is -2.25. The number of imidazole rings is 1. The smallest absolute Gasteiger partial charge is 0.405 e. The minimum atomic E-state index is -4.89. The molecule has 32 heavy (non-hydrogen) atoms. The number of alkyl halides is 3. The zero-order valence-electron chi connectivity index (χ0n) is 16.8. The van der Waals surface area contributed by atoms with E-state index in [4.69, 9.17) is 11.6 Å². The summed E-state index contributed by atoms with van der Waals surface area (Å²) < 4.78 is 43.6. The van der Waals surface area contributed by atoms with Crippen LogP contribution in [0, 0.1) is 5.92 Å². The van der Waals surface area contributed by atoms with Gasteiger partial charge in [0.15, 0.2) is 5.65 Å². The zero-order valence-corrected chi connectivity index (χ0v) is 17.6. The van der Waals surface area contributed by atoms with Crippen molar-refractivity contribution in [2.45, 2.75) is 44.7 Å². The number of aromatic nitrogens is 4. The molecule has 2 heterocycles. The van der Waals surface area contributed by atoms with E-state index in [1.807, 2.05) is 0 Å². The fourth-order valence-corrected chi connectivity index (χ4v) is 4.02. The molecule has 0 saturated heterocycles. The van der Waals surface area contributed by atoms with Crippen molar-refractivity contribution in [3.8, 4) is 5.75 Å². The molecule has 0 bridgehead atoms. The summed E-state index contributed by atoms with van der Waals surface area (Å²) in [6.07, 6.45) is -0.396. The second kappa shape index (κ2) is 8.99. The van der Waals surface area contributed by atoms with Gasteiger partial charge in [-0.25, -0.2) is 9.78 Å². The van der Waals surface area contributed by atoms with Crippen LogP contribution in [0.15, 0.2) is 29.2 Å². The van der Waals surface area contributed by atoms with Crippen LogP contribution in [0.3, 0.4) is 0 Å². The second-order valence-electron chi connectivity index (χ2n) is 7.80. The van der Waals surface area contributed by atoms with Gasteiger partial charge in [0, 0.05) is 17.1 Å². The molecule has 8 nitrogen and oxygen atoms in total. The Morgan fingerprint density at radius 1 is 1.28 bits per heavy atom. The predicted octanol–water partition coefficient (Wildman–Crippen LogP) is 3.68. The summed E-state index contributed by atoms with van der Waals surface area (Å²) in [5.74, 6) is 0.226. The van der Waals surface area contributed by atoms with Crippen molar-refractivity contribution < 1.29 is 23.0 Å². The lowest BCUT2D eigenvalue weighted by molar-refractivity contribution is -0.274. The molecule has 0 atom stereocenters. The first kappa shape index (κ1) is 22.4. The number of aromatic amines is 1. The maximum absolute atomic E-state index is 12.8. The van der Waals surface area contributed by atoms with E-state index in [1.165, 1.54) is 22.9 Å². The largest absolute Gasteiger partial charge is 0.573 e. The maximum Gasteiger partial charge on any atom is 0.573 e. The van der Waals surface area contributed by atoms with Crippen molar-refractivity contribution in [3.05, 3.63) is 45.5 Å². The van der Waals surface area contributed by atoms with Gasteiger partial charge in [0.1, 0.15) is 11.3 Å². The minimum absolute atomic E-state index is 0.0757. The number of aliphatic hydroxyl groups excluding tert-OH is 1. The van der Waals surface area contributed by atoms with Crippen molar-refractivity contribution >= 4 is 28.7 Å². The van der Waals surface area contributed by atoms with Gasteiger partial charge in [-0.3, -0.25) is 4.57 Å². The van der Waals surface area contributed by atoms with E-state index in [0.717, 1.165) is 31.7 Å². The van der Waals surface area contributed by atoms with E-state index in [0.29, 0.717) is 23.9 Å². The molecule has 1 saturated carbocycles. The molecule has 0 amide bonds. The molecule has 3 N–H and O–H groups in total. The maximum atomic E-state index is 12.8. The second-order valence-corrected chi connectivity index (χ2v) is 8.24. The molecule has 0 radical (unpaired) electrons. The Morgan fingerprint density at radius 2 is 2.03 bits per heavy atom. The minimum Gasteiger partial charge on any atom is -0.405 e. The molecule has 4 rings (SSSR count). The summed E-state index contributed by atoms with van der Waals surface area (Å²) in [4.78, 5) is 23.6. The normalized spacial score (nSPS) is 19.3. The van der Waals surface area contributed by atoms with Crippen LogP contribution in [0.5, 0.6) is 5.75 Å². The molecule has 0 aliphatic heterocycles. The molecular weight excluding hydrogens is 451 g/mol. The summed E-state index contributed by atoms with van der Waals surface area (Å²) in [6, 6.07) is 3.69. The molecular formula is C20H21ClF3N5O3. The van der Waals surface area contributed by atoms with Crippen LogP contribution in [0.1, 0.15) is 31.2 Å². The van der Waals surface area contributed by atoms with E-state index in [1.54, 1.807) is 0 Å². The summed E-state index contributed by atoms with van der Waals surface area (Å²) in [7, 11) is 0. The first-order chi connectivity index (χ1) is 15.2. The molecule has 1 fully saturated rings. The number of H-pyrrole nitrogens is 1. The number of halogens is 4. The van der Waals surface area contributed by atoms with E-state index in [9.17, 15) is 23.1 Å². The van der Waals surface area contributed by atoms with Crippen molar-refractivity contribution in [1.82, 2.24) is 19.5 Å². The van der Waals surface area contributed by atoms with Crippen molar-refractivity contribution in [2.24, 2.45) is 5.92 Å². The number of nitrogens with zero attached hydrogens (tertiary/aromatic N) is 3. The Morgan fingerprint density at radius 3 is 2.75 bits per heavy atom. The topological polar surface area (TPSA) is 105 Å². The van der Waals surface area contributed by atoms with Gasteiger partial charge in [0.05, 0.1) is 18.8 Å². The monoisotopic (exact) mass is 471 g/mol. The van der Waals surface area contributed by atoms with Crippen LogP contribution < -0.4 is 15.7 Å². The highest BCUT2D eigenvalue weighted by Gasteiger charge is 2.32. The quantitative estimate of drug-likeness (QED) is 0.506. The molecule has 3 aromatic rings. The third-order valence-electron chi connectivity index (χ3n) is 5.45. The van der Waals surface area contributed by atoms with Gasteiger partial charge in [-0.15, -0.1) is 13.2 Å². The third kappa shape index (κ3) is 5.33. The number of fused-ring (bicyclic) bond motifs is 1. The molecule has 1 aliphatic rings. The van der Waals surface area contributed by atoms with Crippen LogP contribution in [-0.4, -0.2) is 43.6 Å². The summed E-state index contributed by atoms with van der Waals surface area (Å²) >= 11 is 5.95. The molecule has 0 spiro atoms. The standard InChI is InChI=1S/C20H21ClF3N5O3/c21-13-3-6-16(32-20(22,23)24)12(7-13)10-29-17-15(27-19(29)31)9-26-18(28-17)25-8-11-1-4-14(30)5-2-11/h3,6-7,9,11,14,30H,1-2,4-5,8,10H2,(H,27,31)(H,25,26,28)/t11-,14-. The van der Waals surface area contributed by atoms with Gasteiger partial charge in [-0.1, -0.05) is 11.6 Å². The highest BCUT2D eigenvalue weighted by atomic mass is 35.5. The zero-order chi connectivity index (χ0) is 22.9. The summed E-state index contributed by atoms with van der Waals surface area (Å²) in [5, 5.41) is 13.0. The van der Waals surface area contributed by atoms with E-state index < -0.39 is 17.8 Å². The highest BCUT2D eigenvalue weighted by Crippen LogP contribution is 2.30. The van der Waals surface area contributed by atoms with Crippen LogP contribution in [0.2, 0.25) is 5.02 Å². The van der Waals surface area contributed by atoms with Gasteiger partial charge in [-0.2, -0.15) is 4.98 Å². The lowest BCUT2D eigenvalue weighted by atomic mass is 9.87. The fourth-order valence-electron chi connectivity index (χ4n) is 3.83. The number of hydrogen-bond acceptors (Lipinski definition) is 6. The van der Waals surface area contributed by atoms with Gasteiger partial charge < -0.3 is 20.1 Å². The Hall–Kier alpha value is -2.79. The first-order valence-electron chi connectivity index (χ1n) is 10.1. The third-order valence-corrected chi connectivity index (χ3v) is 5.69. The molecule has 1 aromatic carbocycles. The highest BCUT2D eigenvalue weighted by molar-refractivity contribution is 6.30. The number of hydrogen-bond donors (Lipinski definition) is 3. The summed E-state index contributed by atoms with van der Waals surface area (Å²) in [5.41, 5.74) is 0.114. The predicted molar refractivity (Wildman–Crippen MR) is 112 cm³/mol. The average Bonchev–Trinajstić information content (AvgIpc) is 3.03. The van der Waals surface area contributed by atoms with E-state index in [-0.39, 0.29) is 28.9 Å². The number of benzene rings is 1. The summed E-state index contributed by atoms with van der Waals surface area (Å²) in [6.45, 7) is 0.381. The van der Waals surface area contributed by atoms with E-state index >= 15 is 0 Å². The fraction of sp³-hybridized carbons (Fsp3) is 0.450. The Labute approximate surface area is 185 Å². The number of anilines is 1. The van der Waals surface area contributed by atoms with E-state index in [2.05, 4.69) is 25.0 Å². The SMILES string of the molecule is O=c1[nH]c2cnc(NC[C@H]3CC[C@H](O)CC3)nc2n1Cc1cc(Cl)ccc1OC(F)(F)F. The van der Waals surface area contributed by atoms with Gasteiger partial charge in [0.25, 0.3) is 0 Å². The Kier molecular flexibility index (Phi) is 6.29. The molecule has 1 aliphatic carbocycles. The molecule has 12 heteroatoms. The van der Waals surface area contributed by atoms with Crippen molar-refractivity contribution in [3.63, 3.8) is 0 Å². The van der Waals surface area contributed by atoms with Gasteiger partial charge in [0.2, 0.25) is 5.95 Å². The van der Waals surface area contributed by atoms with Crippen LogP contribution in [0.4, 0.5) is 19.1 Å². The molecule has 2 aromatic heterocycles. The van der Waals surface area contributed by atoms with Crippen LogP contribution in [-0.2, 0) is 6.54 Å². The Bertz CT molecular complexity index is 1160. The van der Waals surface area contributed by atoms with Crippen molar-refractivity contribution in [2.75, 3.05) is 11.9 Å². The number of ether oxygens (including phenoxy) is 1. The average molecular weight is 472 g/mol. The van der Waals surface area contributed by atoms with Crippen LogP contribution >= 0.6 is 11.6 Å². The van der Waals surface area contributed by atoms with Gasteiger partial charge >= 0.3 is 12.1 Å². The van der Waals surface area contributed by atoms with Crippen molar-refractivity contribution in [1.29, 1.82) is 0 Å². The number of nitrogens with one attached hydrogen (secondary N) is 2. The molecule has 172 valence electrons. The van der Waals surface area contributed by atoms with Crippen LogP contribution in [0.25, 0.3) is 11.2 Å². The number of aliphatic hydroxyl groups is 1. The lowest BCUT2D eigenvalue weighted by Crippen LogP contribution is -2.24. The Balaban J connectivity index is 1.58.